The van der Waals surface area contributed by atoms with Gasteiger partial charge in [-0.1, -0.05) is 37.7 Å². The number of hydrogen-bond donors (Lipinski definition) is 1. The van der Waals surface area contributed by atoms with Gasteiger partial charge in [-0.3, -0.25) is 14.5 Å². The molecule has 0 unspecified atom stereocenters. The molecule has 3 rings (SSSR count). The van der Waals surface area contributed by atoms with Gasteiger partial charge in [-0.2, -0.15) is 0 Å². The van der Waals surface area contributed by atoms with Crippen molar-refractivity contribution in [3.05, 3.63) is 24.3 Å². The fourth-order valence-electron chi connectivity index (χ4n) is 3.09. The molecule has 0 aromatic heterocycles. The van der Waals surface area contributed by atoms with Gasteiger partial charge < -0.3 is 5.32 Å². The van der Waals surface area contributed by atoms with Crippen LogP contribution in [-0.2, 0) is 9.59 Å². The summed E-state index contributed by atoms with van der Waals surface area (Å²) >= 11 is 1.52. The number of carbonyl (C=O) groups excluding carboxylic acids is 2. The zero-order chi connectivity index (χ0) is 15.0. The van der Waals surface area contributed by atoms with E-state index in [1.54, 1.807) is 4.90 Å². The van der Waals surface area contributed by atoms with Gasteiger partial charge in [-0.05, 0) is 31.4 Å². The number of benzene rings is 1. The summed E-state index contributed by atoms with van der Waals surface area (Å²) in [6.45, 7) is 4.14. The maximum absolute atomic E-state index is 12.9. The maximum Gasteiger partial charge on any atom is 0.257 e. The average Bonchev–Trinajstić information content (AvgIpc) is 3.01. The van der Waals surface area contributed by atoms with E-state index in [0.717, 1.165) is 23.4 Å². The van der Waals surface area contributed by atoms with Crippen LogP contribution in [0.4, 0.5) is 5.69 Å². The molecule has 2 aliphatic rings. The molecule has 1 N–H and O–H groups in total. The Labute approximate surface area is 129 Å². The Bertz CT molecular complexity index is 585. The van der Waals surface area contributed by atoms with Gasteiger partial charge in [0.15, 0.2) is 4.87 Å². The Morgan fingerprint density at radius 2 is 2.10 bits per heavy atom. The number of carbonyl (C=O) groups is 2. The molecule has 1 aromatic rings. The lowest BCUT2D eigenvalue weighted by molar-refractivity contribution is -0.125. The molecule has 4 nitrogen and oxygen atoms in total. The van der Waals surface area contributed by atoms with E-state index in [-0.39, 0.29) is 17.9 Å². The van der Waals surface area contributed by atoms with E-state index in [0.29, 0.717) is 12.8 Å². The molecule has 1 atom stereocenters. The highest BCUT2D eigenvalue weighted by atomic mass is 32.2. The van der Waals surface area contributed by atoms with E-state index in [2.05, 4.69) is 19.2 Å². The third-order valence-corrected chi connectivity index (χ3v) is 5.82. The molecule has 2 amide bonds. The fraction of sp³-hybridized carbons (Fsp3) is 0.500. The van der Waals surface area contributed by atoms with Gasteiger partial charge in [-0.15, -0.1) is 0 Å². The third kappa shape index (κ3) is 2.14. The summed E-state index contributed by atoms with van der Waals surface area (Å²) in [6.07, 6.45) is 2.84. The first-order valence-electron chi connectivity index (χ1n) is 7.54. The molecule has 1 saturated heterocycles. The minimum Gasteiger partial charge on any atom is -0.351 e. The number of hydrogen-bond acceptors (Lipinski definition) is 3. The highest BCUT2D eigenvalue weighted by molar-refractivity contribution is 8.02. The average molecular weight is 304 g/mol. The van der Waals surface area contributed by atoms with Crippen LogP contribution in [0.2, 0.25) is 0 Å². The van der Waals surface area contributed by atoms with Crippen molar-refractivity contribution in [1.82, 2.24) is 5.32 Å². The molecule has 1 aromatic carbocycles. The smallest absolute Gasteiger partial charge is 0.257 e. The van der Waals surface area contributed by atoms with Crippen LogP contribution in [0.3, 0.4) is 0 Å². The quantitative estimate of drug-likeness (QED) is 0.930. The minimum absolute atomic E-state index is 0.0248. The molecule has 112 valence electrons. The molecule has 1 fully saturated rings. The van der Waals surface area contributed by atoms with Crippen molar-refractivity contribution in [1.29, 1.82) is 0 Å². The second kappa shape index (κ2) is 5.37. The first-order chi connectivity index (χ1) is 10.1. The summed E-state index contributed by atoms with van der Waals surface area (Å²) in [5.74, 6) is 0.0235. The van der Waals surface area contributed by atoms with Crippen LogP contribution in [0.5, 0.6) is 0 Å². The van der Waals surface area contributed by atoms with Gasteiger partial charge in [0.25, 0.3) is 5.91 Å². The van der Waals surface area contributed by atoms with Crippen LogP contribution in [0.25, 0.3) is 0 Å². The topological polar surface area (TPSA) is 49.4 Å². The second-order valence-corrected chi connectivity index (χ2v) is 6.89. The number of fused-ring (bicyclic) bond motifs is 3. The van der Waals surface area contributed by atoms with E-state index in [9.17, 15) is 9.59 Å². The molecule has 21 heavy (non-hydrogen) atoms. The second-order valence-electron chi connectivity index (χ2n) is 5.57. The highest BCUT2D eigenvalue weighted by Crippen LogP contribution is 2.55. The van der Waals surface area contributed by atoms with E-state index in [1.807, 2.05) is 24.3 Å². The standard InChI is InChI=1S/C16H20N2O2S/c1-3-11(4-2)17-15(20)16-10-9-14(19)18(16)12-7-5-6-8-13(12)21-16/h5-8,11H,3-4,9-10H2,1-2H3,(H,17,20)/t16-/m1/s1. The monoisotopic (exact) mass is 304 g/mol. The number of nitrogens with zero attached hydrogens (tertiary/aromatic N) is 1. The number of para-hydroxylation sites is 1. The lowest BCUT2D eigenvalue weighted by Gasteiger charge is -2.31. The SMILES string of the molecule is CCC(CC)NC(=O)[C@]12CCC(=O)N1c1ccccc1S2. The predicted octanol–water partition coefficient (Wildman–Crippen LogP) is 2.92. The Hall–Kier alpha value is -1.49. The molecule has 2 aliphatic heterocycles. The molecule has 0 saturated carbocycles. The lowest BCUT2D eigenvalue weighted by Crippen LogP contribution is -2.54. The summed E-state index contributed by atoms with van der Waals surface area (Å²) in [4.78, 5) is 27.1. The van der Waals surface area contributed by atoms with Crippen LogP contribution < -0.4 is 10.2 Å². The molecule has 5 heteroatoms. The van der Waals surface area contributed by atoms with Crippen molar-refractivity contribution in [2.75, 3.05) is 4.90 Å². The molecule has 0 spiro atoms. The Balaban J connectivity index is 1.94. The van der Waals surface area contributed by atoms with E-state index in [4.69, 9.17) is 0 Å². The van der Waals surface area contributed by atoms with Crippen molar-refractivity contribution in [2.45, 2.75) is 55.3 Å². The molecule has 2 heterocycles. The molecular weight excluding hydrogens is 284 g/mol. The van der Waals surface area contributed by atoms with Gasteiger partial charge in [0.1, 0.15) is 0 Å². The number of anilines is 1. The van der Waals surface area contributed by atoms with Crippen molar-refractivity contribution >= 4 is 29.3 Å². The van der Waals surface area contributed by atoms with Gasteiger partial charge in [-0.25, -0.2) is 0 Å². The van der Waals surface area contributed by atoms with Gasteiger partial charge >= 0.3 is 0 Å². The fourth-order valence-corrected chi connectivity index (χ4v) is 4.51. The van der Waals surface area contributed by atoms with Crippen molar-refractivity contribution < 1.29 is 9.59 Å². The zero-order valence-electron chi connectivity index (χ0n) is 12.4. The van der Waals surface area contributed by atoms with Crippen LogP contribution in [0, 0.1) is 0 Å². The number of thioether (sulfide) groups is 1. The van der Waals surface area contributed by atoms with Gasteiger partial charge in [0, 0.05) is 17.4 Å². The molecule has 0 bridgehead atoms. The summed E-state index contributed by atoms with van der Waals surface area (Å²) in [5, 5.41) is 3.12. The Morgan fingerprint density at radius 3 is 2.81 bits per heavy atom. The summed E-state index contributed by atoms with van der Waals surface area (Å²) in [7, 11) is 0. The van der Waals surface area contributed by atoms with Crippen LogP contribution >= 0.6 is 11.8 Å². The first kappa shape index (κ1) is 14.4. The van der Waals surface area contributed by atoms with Crippen molar-refractivity contribution in [3.63, 3.8) is 0 Å². The highest BCUT2D eigenvalue weighted by Gasteiger charge is 2.57. The maximum atomic E-state index is 12.9. The van der Waals surface area contributed by atoms with Gasteiger partial charge in [0.05, 0.1) is 5.69 Å². The molecule has 0 radical (unpaired) electrons. The summed E-state index contributed by atoms with van der Waals surface area (Å²) < 4.78 is 0. The van der Waals surface area contributed by atoms with E-state index >= 15 is 0 Å². The summed E-state index contributed by atoms with van der Waals surface area (Å²) in [5.41, 5.74) is 0.879. The van der Waals surface area contributed by atoms with Crippen LogP contribution in [-0.4, -0.2) is 22.7 Å². The first-order valence-corrected chi connectivity index (χ1v) is 8.36. The normalized spacial score (nSPS) is 23.4. The predicted molar refractivity (Wildman–Crippen MR) is 84.3 cm³/mol. The molecule has 0 aliphatic carbocycles. The summed E-state index contributed by atoms with van der Waals surface area (Å²) in [6, 6.07) is 7.95. The largest absolute Gasteiger partial charge is 0.351 e. The number of amides is 2. The van der Waals surface area contributed by atoms with Gasteiger partial charge in [0.2, 0.25) is 5.91 Å². The van der Waals surface area contributed by atoms with E-state index < -0.39 is 4.87 Å². The molecular formula is C16H20N2O2S. The Kier molecular flexibility index (Phi) is 3.69. The van der Waals surface area contributed by atoms with E-state index in [1.165, 1.54) is 11.8 Å². The van der Waals surface area contributed by atoms with Crippen molar-refractivity contribution in [3.8, 4) is 0 Å². The van der Waals surface area contributed by atoms with Crippen molar-refractivity contribution in [2.24, 2.45) is 0 Å². The van der Waals surface area contributed by atoms with Crippen LogP contribution in [0.15, 0.2) is 29.2 Å². The minimum atomic E-state index is -0.774. The lowest BCUT2D eigenvalue weighted by atomic mass is 10.1. The third-order valence-electron chi connectivity index (χ3n) is 4.35. The number of nitrogens with one attached hydrogen (secondary N) is 1. The number of rotatable bonds is 4. The van der Waals surface area contributed by atoms with Crippen LogP contribution in [0.1, 0.15) is 39.5 Å². The Morgan fingerprint density at radius 1 is 1.38 bits per heavy atom. The zero-order valence-corrected chi connectivity index (χ0v) is 13.2.